The number of nitrogens with zero attached hydrogens (tertiary/aromatic N) is 2. The molecule has 0 fully saturated rings. The van der Waals surface area contributed by atoms with Gasteiger partial charge in [0.1, 0.15) is 12.4 Å². The van der Waals surface area contributed by atoms with Crippen LogP contribution in [-0.4, -0.2) is 48.4 Å². The second-order valence-electron chi connectivity index (χ2n) is 5.61. The summed E-state index contributed by atoms with van der Waals surface area (Å²) < 4.78 is 8.03. The number of aryl methyl sites for hydroxylation is 1. The molecule has 0 unspecified atom stereocenters. The van der Waals surface area contributed by atoms with E-state index in [1.807, 2.05) is 33.2 Å². The third kappa shape index (κ3) is 2.99. The number of anilines is 1. The summed E-state index contributed by atoms with van der Waals surface area (Å²) >= 11 is 0. The summed E-state index contributed by atoms with van der Waals surface area (Å²) in [7, 11) is 4.04. The summed E-state index contributed by atoms with van der Waals surface area (Å²) in [5, 5.41) is 10.4. The highest BCUT2D eigenvalue weighted by Crippen LogP contribution is 2.36. The first-order valence-electron chi connectivity index (χ1n) is 7.23. The quantitative estimate of drug-likeness (QED) is 0.796. The first kappa shape index (κ1) is 15.7. The number of nitrogens with two attached hydrogens (primary N) is 1. The molecule has 0 spiro atoms. The monoisotopic (exact) mass is 291 g/mol. The third-order valence-electron chi connectivity index (χ3n) is 3.89. The molecule has 1 heterocycles. The van der Waals surface area contributed by atoms with Gasteiger partial charge in [-0.2, -0.15) is 0 Å². The molecule has 0 saturated carbocycles. The van der Waals surface area contributed by atoms with Crippen molar-refractivity contribution in [1.82, 2.24) is 9.47 Å². The van der Waals surface area contributed by atoms with E-state index >= 15 is 0 Å². The average molecular weight is 291 g/mol. The summed E-state index contributed by atoms with van der Waals surface area (Å²) in [6.45, 7) is 6.22. The molecule has 0 amide bonds. The zero-order chi connectivity index (χ0) is 15.6. The molecule has 0 radical (unpaired) electrons. The first-order chi connectivity index (χ1) is 9.97. The number of nitrogen functional groups attached to an aromatic ring is 1. The highest BCUT2D eigenvalue weighted by molar-refractivity contribution is 5.99. The van der Waals surface area contributed by atoms with Crippen LogP contribution in [-0.2, 0) is 6.54 Å². The lowest BCUT2D eigenvalue weighted by atomic mass is 10.1. The lowest BCUT2D eigenvalue weighted by Crippen LogP contribution is -2.19. The van der Waals surface area contributed by atoms with Crippen LogP contribution in [0.15, 0.2) is 12.1 Å². The number of aliphatic hydroxyl groups excluding tert-OH is 1. The van der Waals surface area contributed by atoms with E-state index < -0.39 is 0 Å². The topological polar surface area (TPSA) is 63.7 Å². The molecule has 5 heteroatoms. The van der Waals surface area contributed by atoms with Crippen molar-refractivity contribution in [3.05, 3.63) is 23.4 Å². The van der Waals surface area contributed by atoms with Gasteiger partial charge in [-0.3, -0.25) is 0 Å². The van der Waals surface area contributed by atoms with Gasteiger partial charge in [-0.25, -0.2) is 0 Å². The summed E-state index contributed by atoms with van der Waals surface area (Å²) in [6, 6.07) is 3.81. The fourth-order valence-electron chi connectivity index (χ4n) is 2.63. The molecule has 3 N–H and O–H groups in total. The van der Waals surface area contributed by atoms with Crippen LogP contribution in [0.2, 0.25) is 0 Å². The predicted molar refractivity (Wildman–Crippen MR) is 87.0 cm³/mol. The Morgan fingerprint density at radius 3 is 2.62 bits per heavy atom. The Morgan fingerprint density at radius 2 is 2.00 bits per heavy atom. The summed E-state index contributed by atoms with van der Waals surface area (Å²) in [5.74, 6) is 0.825. The van der Waals surface area contributed by atoms with Gasteiger partial charge in [0.2, 0.25) is 0 Å². The molecule has 2 aromatic rings. The third-order valence-corrected chi connectivity index (χ3v) is 3.89. The minimum atomic E-state index is 0.0933. The van der Waals surface area contributed by atoms with Crippen LogP contribution in [0.1, 0.15) is 11.3 Å². The van der Waals surface area contributed by atoms with Gasteiger partial charge in [-0.05, 0) is 45.6 Å². The van der Waals surface area contributed by atoms with Crippen LogP contribution in [0.25, 0.3) is 10.9 Å². The highest BCUT2D eigenvalue weighted by Gasteiger charge is 2.17. The van der Waals surface area contributed by atoms with Gasteiger partial charge < -0.3 is 25.0 Å². The largest absolute Gasteiger partial charge is 0.490 e. The number of aliphatic hydroxyl groups is 1. The number of ether oxygens (including phenoxy) is 1. The molecule has 0 saturated heterocycles. The Morgan fingerprint density at radius 1 is 1.29 bits per heavy atom. The van der Waals surface area contributed by atoms with Crippen LogP contribution in [0.3, 0.4) is 0 Å². The van der Waals surface area contributed by atoms with E-state index in [0.717, 1.165) is 40.1 Å². The van der Waals surface area contributed by atoms with Crippen LogP contribution in [0.5, 0.6) is 5.75 Å². The van der Waals surface area contributed by atoms with Crippen molar-refractivity contribution in [2.45, 2.75) is 20.4 Å². The number of likely N-dealkylation sites (N-methyl/N-ethyl adjacent to an activating group) is 1. The van der Waals surface area contributed by atoms with E-state index in [2.05, 4.69) is 16.4 Å². The molecule has 116 valence electrons. The van der Waals surface area contributed by atoms with Crippen molar-refractivity contribution in [2.24, 2.45) is 0 Å². The second kappa shape index (κ2) is 6.37. The number of benzene rings is 1. The number of hydrogen-bond donors (Lipinski definition) is 2. The van der Waals surface area contributed by atoms with Crippen LogP contribution in [0.4, 0.5) is 5.69 Å². The molecule has 0 aliphatic carbocycles. The van der Waals surface area contributed by atoms with E-state index in [-0.39, 0.29) is 6.61 Å². The molecule has 2 rings (SSSR count). The molecule has 0 aliphatic heterocycles. The van der Waals surface area contributed by atoms with E-state index in [1.54, 1.807) is 0 Å². The van der Waals surface area contributed by atoms with E-state index in [4.69, 9.17) is 10.5 Å². The Kier molecular flexibility index (Phi) is 4.75. The van der Waals surface area contributed by atoms with Crippen molar-refractivity contribution in [3.8, 4) is 5.75 Å². The summed E-state index contributed by atoms with van der Waals surface area (Å²) in [5.41, 5.74) is 10.1. The summed E-state index contributed by atoms with van der Waals surface area (Å²) in [6.07, 6.45) is 0. The van der Waals surface area contributed by atoms with E-state index in [9.17, 15) is 5.11 Å². The number of aromatic nitrogens is 1. The van der Waals surface area contributed by atoms with Crippen LogP contribution < -0.4 is 10.5 Å². The van der Waals surface area contributed by atoms with Gasteiger partial charge in [0.25, 0.3) is 0 Å². The standard InChI is InChI=1S/C16H25N3O2/c1-11-12(2)19(7-9-20)16-14(21-10-8-18(3)4)6-5-13(17)15(11)16/h5-6,20H,7-10,17H2,1-4H3. The van der Waals surface area contributed by atoms with Gasteiger partial charge in [-0.15, -0.1) is 0 Å². The van der Waals surface area contributed by atoms with Crippen LogP contribution >= 0.6 is 0 Å². The van der Waals surface area contributed by atoms with Gasteiger partial charge in [-0.1, -0.05) is 0 Å². The molecule has 1 aromatic heterocycles. The zero-order valence-corrected chi connectivity index (χ0v) is 13.3. The smallest absolute Gasteiger partial charge is 0.143 e. The van der Waals surface area contributed by atoms with Gasteiger partial charge >= 0.3 is 0 Å². The number of rotatable bonds is 6. The Hall–Kier alpha value is -1.72. The van der Waals surface area contributed by atoms with Crippen LogP contribution in [0, 0.1) is 13.8 Å². The molecule has 0 aliphatic rings. The van der Waals surface area contributed by atoms with Gasteiger partial charge in [0.05, 0.1) is 12.1 Å². The van der Waals surface area contributed by atoms with Gasteiger partial charge in [0.15, 0.2) is 0 Å². The fraction of sp³-hybridized carbons (Fsp3) is 0.500. The minimum absolute atomic E-state index is 0.0933. The maximum Gasteiger partial charge on any atom is 0.143 e. The molecule has 0 atom stereocenters. The SMILES string of the molecule is Cc1c(C)n(CCO)c2c(OCCN(C)C)ccc(N)c12. The van der Waals surface area contributed by atoms with Crippen molar-refractivity contribution < 1.29 is 9.84 Å². The van der Waals surface area contributed by atoms with Crippen molar-refractivity contribution in [1.29, 1.82) is 0 Å². The molecule has 21 heavy (non-hydrogen) atoms. The Balaban J connectivity index is 2.50. The first-order valence-corrected chi connectivity index (χ1v) is 7.23. The second-order valence-corrected chi connectivity index (χ2v) is 5.61. The van der Waals surface area contributed by atoms with Crippen molar-refractivity contribution >= 4 is 16.6 Å². The minimum Gasteiger partial charge on any atom is -0.490 e. The summed E-state index contributed by atoms with van der Waals surface area (Å²) in [4.78, 5) is 2.08. The molecule has 0 bridgehead atoms. The molecular weight excluding hydrogens is 266 g/mol. The Labute approximate surface area is 125 Å². The normalized spacial score (nSPS) is 11.5. The Bertz CT molecular complexity index is 632. The maximum absolute atomic E-state index is 9.32. The predicted octanol–water partition coefficient (Wildman–Crippen LogP) is 1.77. The lowest BCUT2D eigenvalue weighted by Gasteiger charge is -2.14. The number of hydrogen-bond acceptors (Lipinski definition) is 4. The van der Waals surface area contributed by atoms with Crippen molar-refractivity contribution in [2.75, 3.05) is 39.6 Å². The van der Waals surface area contributed by atoms with Crippen molar-refractivity contribution in [3.63, 3.8) is 0 Å². The molecule has 5 nitrogen and oxygen atoms in total. The van der Waals surface area contributed by atoms with E-state index in [1.165, 1.54) is 0 Å². The lowest BCUT2D eigenvalue weighted by molar-refractivity contribution is 0.260. The van der Waals surface area contributed by atoms with E-state index in [0.29, 0.717) is 13.2 Å². The number of fused-ring (bicyclic) bond motifs is 1. The zero-order valence-electron chi connectivity index (χ0n) is 13.3. The molecule has 1 aromatic carbocycles. The van der Waals surface area contributed by atoms with Gasteiger partial charge in [0, 0.05) is 29.9 Å². The molecular formula is C16H25N3O2. The fourth-order valence-corrected chi connectivity index (χ4v) is 2.63. The highest BCUT2D eigenvalue weighted by atomic mass is 16.5. The maximum atomic E-state index is 9.32. The average Bonchev–Trinajstić information content (AvgIpc) is 2.68.